The van der Waals surface area contributed by atoms with E-state index in [0.29, 0.717) is 19.5 Å². The molecule has 0 spiro atoms. The summed E-state index contributed by atoms with van der Waals surface area (Å²) in [7, 11) is 0. The fraction of sp³-hybridized carbons (Fsp3) is 0.500. The van der Waals surface area contributed by atoms with Gasteiger partial charge in [-0.3, -0.25) is 4.99 Å². The van der Waals surface area contributed by atoms with E-state index >= 15 is 0 Å². The van der Waals surface area contributed by atoms with E-state index in [4.69, 9.17) is 4.74 Å². The number of hydrogen-bond acceptors (Lipinski definition) is 7. The minimum atomic E-state index is -1.01. The summed E-state index contributed by atoms with van der Waals surface area (Å²) < 4.78 is 7.68. The normalized spacial score (nSPS) is 31.7. The number of aliphatic imine (C=N–C) groups is 1. The molecule has 27 heavy (non-hydrogen) atoms. The van der Waals surface area contributed by atoms with E-state index in [-0.39, 0.29) is 11.5 Å². The molecule has 1 aromatic heterocycles. The SMILES string of the molecule is CCN=C1N[C@@H]2[C@@H](O)[C@H](O)C(Cn3cc(Cc4ccccc4)nn3)O[C@@H]2S1. The van der Waals surface area contributed by atoms with Crippen molar-refractivity contribution in [1.82, 2.24) is 20.3 Å². The zero-order chi connectivity index (χ0) is 18.8. The third-order valence-electron chi connectivity index (χ3n) is 4.70. The van der Waals surface area contributed by atoms with Gasteiger partial charge in [0.25, 0.3) is 0 Å². The lowest BCUT2D eigenvalue weighted by atomic mass is 9.98. The Labute approximate surface area is 161 Å². The van der Waals surface area contributed by atoms with Crippen LogP contribution in [0.15, 0.2) is 41.5 Å². The lowest BCUT2D eigenvalue weighted by molar-refractivity contribution is -0.160. The molecule has 9 heteroatoms. The highest BCUT2D eigenvalue weighted by molar-refractivity contribution is 8.14. The molecule has 144 valence electrons. The van der Waals surface area contributed by atoms with Gasteiger partial charge in [-0.15, -0.1) is 5.10 Å². The Balaban J connectivity index is 1.41. The molecule has 3 N–H and O–H groups in total. The summed E-state index contributed by atoms with van der Waals surface area (Å²) in [5.41, 5.74) is 1.72. The average molecular weight is 389 g/mol. The van der Waals surface area contributed by atoms with Crippen molar-refractivity contribution in [2.24, 2.45) is 4.99 Å². The summed E-state index contributed by atoms with van der Waals surface area (Å²) in [6.45, 7) is 2.92. The molecule has 0 amide bonds. The number of ether oxygens (including phenoxy) is 1. The van der Waals surface area contributed by atoms with Crippen LogP contribution in [0.2, 0.25) is 0 Å². The highest BCUT2D eigenvalue weighted by Gasteiger charge is 2.49. The number of nitrogens with zero attached hydrogens (tertiary/aromatic N) is 4. The summed E-state index contributed by atoms with van der Waals surface area (Å²) in [5, 5.41) is 33.2. The Morgan fingerprint density at radius 2 is 2.07 bits per heavy atom. The van der Waals surface area contributed by atoms with Gasteiger partial charge in [0, 0.05) is 19.2 Å². The second-order valence-corrected chi connectivity index (χ2v) is 7.77. The van der Waals surface area contributed by atoms with Crippen molar-refractivity contribution in [3.63, 3.8) is 0 Å². The van der Waals surface area contributed by atoms with Crippen molar-refractivity contribution in [3.8, 4) is 0 Å². The van der Waals surface area contributed by atoms with E-state index in [0.717, 1.165) is 16.4 Å². The molecule has 3 heterocycles. The van der Waals surface area contributed by atoms with E-state index in [9.17, 15) is 10.2 Å². The molecule has 0 saturated carbocycles. The first-order chi connectivity index (χ1) is 13.1. The molecule has 4 rings (SSSR count). The number of nitrogens with one attached hydrogen (secondary N) is 1. The third kappa shape index (κ3) is 4.01. The predicted molar refractivity (Wildman–Crippen MR) is 102 cm³/mol. The van der Waals surface area contributed by atoms with E-state index in [2.05, 4.69) is 20.6 Å². The molecule has 2 aliphatic rings. The van der Waals surface area contributed by atoms with Gasteiger partial charge >= 0.3 is 0 Å². The smallest absolute Gasteiger partial charge is 0.159 e. The maximum atomic E-state index is 10.5. The van der Waals surface area contributed by atoms with Gasteiger partial charge in [-0.2, -0.15) is 0 Å². The van der Waals surface area contributed by atoms with E-state index in [1.165, 1.54) is 11.8 Å². The topological polar surface area (TPSA) is 105 Å². The monoisotopic (exact) mass is 389 g/mol. The molecule has 0 bridgehead atoms. The van der Waals surface area contributed by atoms with Crippen molar-refractivity contribution < 1.29 is 14.9 Å². The third-order valence-corrected chi connectivity index (χ3v) is 5.81. The van der Waals surface area contributed by atoms with Crippen LogP contribution in [0.4, 0.5) is 0 Å². The lowest BCUT2D eigenvalue weighted by Gasteiger charge is -2.38. The number of aliphatic hydroxyl groups excluding tert-OH is 2. The number of thioether (sulfide) groups is 1. The Morgan fingerprint density at radius 3 is 2.85 bits per heavy atom. The standard InChI is InChI=1S/C18H23N5O3S/c1-2-19-18-20-14-16(25)15(24)13(26-17(14)27-18)10-23-9-12(21-22-23)8-11-6-4-3-5-7-11/h3-7,9,13-17,24-25H,2,8,10H2,1H3,(H,19,20)/t13?,14-,15-,16-,17-/m1/s1. The molecule has 2 aromatic rings. The van der Waals surface area contributed by atoms with Crippen LogP contribution in [0.25, 0.3) is 0 Å². The van der Waals surface area contributed by atoms with Crippen molar-refractivity contribution >= 4 is 16.9 Å². The van der Waals surface area contributed by atoms with Gasteiger partial charge in [-0.25, -0.2) is 4.68 Å². The predicted octanol–water partition coefficient (Wildman–Crippen LogP) is 0.396. The van der Waals surface area contributed by atoms with Crippen LogP contribution in [-0.4, -0.2) is 66.7 Å². The first-order valence-electron chi connectivity index (χ1n) is 9.06. The number of aromatic nitrogens is 3. The molecular formula is C18H23N5O3S. The fourth-order valence-corrected chi connectivity index (χ4v) is 4.55. The van der Waals surface area contributed by atoms with Crippen molar-refractivity contribution in [3.05, 3.63) is 47.8 Å². The quantitative estimate of drug-likeness (QED) is 0.680. The van der Waals surface area contributed by atoms with Crippen LogP contribution in [-0.2, 0) is 17.7 Å². The van der Waals surface area contributed by atoms with E-state index in [1.807, 2.05) is 43.5 Å². The number of fused-ring (bicyclic) bond motifs is 1. The zero-order valence-corrected chi connectivity index (χ0v) is 15.8. The zero-order valence-electron chi connectivity index (χ0n) is 15.0. The van der Waals surface area contributed by atoms with Crippen LogP contribution < -0.4 is 5.32 Å². The van der Waals surface area contributed by atoms with Crippen LogP contribution in [0.5, 0.6) is 0 Å². The van der Waals surface area contributed by atoms with Crippen LogP contribution >= 0.6 is 11.8 Å². The minimum absolute atomic E-state index is 0.286. The first kappa shape index (κ1) is 18.4. The molecular weight excluding hydrogens is 366 g/mol. The van der Waals surface area contributed by atoms with Gasteiger partial charge < -0.3 is 20.3 Å². The largest absolute Gasteiger partial charge is 0.388 e. The van der Waals surface area contributed by atoms with Gasteiger partial charge in [0.2, 0.25) is 0 Å². The molecule has 1 unspecified atom stereocenters. The van der Waals surface area contributed by atoms with Crippen LogP contribution in [0.1, 0.15) is 18.2 Å². The number of amidine groups is 1. The number of benzene rings is 1. The molecule has 2 aliphatic heterocycles. The second-order valence-electron chi connectivity index (χ2n) is 6.69. The van der Waals surface area contributed by atoms with Crippen LogP contribution in [0.3, 0.4) is 0 Å². The Bertz CT molecular complexity index is 799. The summed E-state index contributed by atoms with van der Waals surface area (Å²) in [6.07, 6.45) is 0.0350. The average Bonchev–Trinajstić information content (AvgIpc) is 3.27. The lowest BCUT2D eigenvalue weighted by Crippen LogP contribution is -2.59. The minimum Gasteiger partial charge on any atom is -0.388 e. The molecule has 0 radical (unpaired) electrons. The maximum absolute atomic E-state index is 10.5. The summed E-state index contributed by atoms with van der Waals surface area (Å²) in [6, 6.07) is 9.69. The Kier molecular flexibility index (Phi) is 5.44. The highest BCUT2D eigenvalue weighted by atomic mass is 32.2. The molecule has 8 nitrogen and oxygen atoms in total. The molecule has 5 atom stereocenters. The maximum Gasteiger partial charge on any atom is 0.159 e. The first-order valence-corrected chi connectivity index (χ1v) is 9.94. The van der Waals surface area contributed by atoms with Gasteiger partial charge in [-0.1, -0.05) is 47.3 Å². The fourth-order valence-electron chi connectivity index (χ4n) is 3.35. The van der Waals surface area contributed by atoms with Gasteiger partial charge in [0.1, 0.15) is 23.7 Å². The summed E-state index contributed by atoms with van der Waals surface area (Å²) in [5.74, 6) is 0. The van der Waals surface area contributed by atoms with Crippen molar-refractivity contribution in [1.29, 1.82) is 0 Å². The summed E-state index contributed by atoms with van der Waals surface area (Å²) >= 11 is 1.45. The summed E-state index contributed by atoms with van der Waals surface area (Å²) in [4.78, 5) is 4.33. The van der Waals surface area contributed by atoms with Crippen LogP contribution in [0, 0.1) is 0 Å². The highest BCUT2D eigenvalue weighted by Crippen LogP contribution is 2.34. The van der Waals surface area contributed by atoms with Gasteiger partial charge in [0.05, 0.1) is 18.3 Å². The molecule has 2 fully saturated rings. The number of rotatable bonds is 5. The number of aliphatic hydroxyl groups is 2. The van der Waals surface area contributed by atoms with Crippen molar-refractivity contribution in [2.45, 2.75) is 49.7 Å². The molecule has 0 aliphatic carbocycles. The van der Waals surface area contributed by atoms with Crippen molar-refractivity contribution in [2.75, 3.05) is 6.54 Å². The van der Waals surface area contributed by atoms with Gasteiger partial charge in [0.15, 0.2) is 5.17 Å². The van der Waals surface area contributed by atoms with E-state index < -0.39 is 18.3 Å². The Morgan fingerprint density at radius 1 is 1.26 bits per heavy atom. The van der Waals surface area contributed by atoms with Gasteiger partial charge in [-0.05, 0) is 12.5 Å². The number of hydrogen-bond donors (Lipinski definition) is 3. The van der Waals surface area contributed by atoms with E-state index in [1.54, 1.807) is 4.68 Å². The second kappa shape index (κ2) is 7.97. The molecule has 2 saturated heterocycles. The molecule has 1 aromatic carbocycles. The Hall–Kier alpha value is -1.94.